The van der Waals surface area contributed by atoms with Crippen LogP contribution in [-0.2, 0) is 13.0 Å². The zero-order chi connectivity index (χ0) is 21.4. The fourth-order valence-corrected chi connectivity index (χ4v) is 4.17. The lowest BCUT2D eigenvalue weighted by Gasteiger charge is -2.15. The van der Waals surface area contributed by atoms with Crippen LogP contribution in [-0.4, -0.2) is 29.4 Å². The molecule has 0 saturated heterocycles. The van der Waals surface area contributed by atoms with E-state index in [9.17, 15) is 9.18 Å². The summed E-state index contributed by atoms with van der Waals surface area (Å²) in [5, 5.41) is 1.10. The average molecular weight is 412 g/mol. The maximum Gasteiger partial charge on any atom is 0.255 e. The molecule has 4 nitrogen and oxygen atoms in total. The molecular weight excluding hydrogens is 391 g/mol. The van der Waals surface area contributed by atoms with Crippen LogP contribution < -0.4 is 4.74 Å². The molecule has 31 heavy (non-hydrogen) atoms. The van der Waals surface area contributed by atoms with Gasteiger partial charge in [0.15, 0.2) is 0 Å². The van der Waals surface area contributed by atoms with Gasteiger partial charge < -0.3 is 9.64 Å². The average Bonchev–Trinajstić information content (AvgIpc) is 3.12. The van der Waals surface area contributed by atoms with Gasteiger partial charge in [-0.1, -0.05) is 42.5 Å². The molecule has 1 aliphatic heterocycles. The van der Waals surface area contributed by atoms with Crippen LogP contribution in [0.15, 0.2) is 72.8 Å². The van der Waals surface area contributed by atoms with Gasteiger partial charge >= 0.3 is 0 Å². The molecule has 1 amide bonds. The number of hydrogen-bond donors (Lipinski definition) is 0. The SMILES string of the molecule is COc1cc(F)cc(-c2cccc3c2C(=O)N(CCc2ccc4ccccc4n2)C3)c1. The summed E-state index contributed by atoms with van der Waals surface area (Å²) in [6.07, 6.45) is 0.674. The number of ether oxygens (including phenoxy) is 1. The van der Waals surface area contributed by atoms with Crippen molar-refractivity contribution >= 4 is 16.8 Å². The van der Waals surface area contributed by atoms with Crippen molar-refractivity contribution in [1.29, 1.82) is 0 Å². The van der Waals surface area contributed by atoms with Gasteiger partial charge in [-0.3, -0.25) is 9.78 Å². The Kier molecular flexibility index (Phi) is 4.86. The summed E-state index contributed by atoms with van der Waals surface area (Å²) >= 11 is 0. The molecule has 0 N–H and O–H groups in total. The van der Waals surface area contributed by atoms with E-state index in [1.807, 2.05) is 53.4 Å². The van der Waals surface area contributed by atoms with Gasteiger partial charge in [0.1, 0.15) is 11.6 Å². The standard InChI is InChI=1S/C26H21FN2O2/c1-31-22-14-19(13-20(27)15-22)23-7-4-6-18-16-29(26(30)25(18)23)12-11-21-10-9-17-5-2-3-8-24(17)28-21/h2-10,13-15H,11-12,16H2,1H3. The summed E-state index contributed by atoms with van der Waals surface area (Å²) < 4.78 is 19.3. The molecule has 1 aliphatic rings. The maximum atomic E-state index is 14.1. The summed E-state index contributed by atoms with van der Waals surface area (Å²) in [7, 11) is 1.50. The summed E-state index contributed by atoms with van der Waals surface area (Å²) in [5.74, 6) is 0.00327. The van der Waals surface area contributed by atoms with Gasteiger partial charge in [0.05, 0.1) is 18.2 Å². The number of carbonyl (C=O) groups is 1. The lowest BCUT2D eigenvalue weighted by molar-refractivity contribution is 0.0780. The minimum atomic E-state index is -0.392. The van der Waals surface area contributed by atoms with Gasteiger partial charge in [-0.2, -0.15) is 0 Å². The largest absolute Gasteiger partial charge is 0.497 e. The summed E-state index contributed by atoms with van der Waals surface area (Å²) in [5.41, 5.74) is 4.88. The minimum Gasteiger partial charge on any atom is -0.497 e. The van der Waals surface area contributed by atoms with E-state index < -0.39 is 5.82 Å². The molecule has 154 valence electrons. The van der Waals surface area contributed by atoms with Gasteiger partial charge in [-0.15, -0.1) is 0 Å². The van der Waals surface area contributed by atoms with E-state index in [0.717, 1.165) is 27.7 Å². The monoisotopic (exact) mass is 412 g/mol. The van der Waals surface area contributed by atoms with Crippen molar-refractivity contribution in [1.82, 2.24) is 9.88 Å². The Balaban J connectivity index is 1.40. The van der Waals surface area contributed by atoms with Crippen LogP contribution in [0.5, 0.6) is 5.75 Å². The van der Waals surface area contributed by atoms with E-state index >= 15 is 0 Å². The second-order valence-electron chi connectivity index (χ2n) is 7.69. The molecular formula is C26H21FN2O2. The lowest BCUT2D eigenvalue weighted by Crippen LogP contribution is -2.26. The Morgan fingerprint density at radius 1 is 1.03 bits per heavy atom. The fourth-order valence-electron chi connectivity index (χ4n) is 4.17. The third-order valence-corrected chi connectivity index (χ3v) is 5.72. The van der Waals surface area contributed by atoms with Crippen LogP contribution in [0.25, 0.3) is 22.0 Å². The van der Waals surface area contributed by atoms with Crippen molar-refractivity contribution in [3.8, 4) is 16.9 Å². The van der Waals surface area contributed by atoms with Crippen molar-refractivity contribution in [2.75, 3.05) is 13.7 Å². The zero-order valence-corrected chi connectivity index (χ0v) is 17.1. The van der Waals surface area contributed by atoms with Crippen LogP contribution in [0.3, 0.4) is 0 Å². The van der Waals surface area contributed by atoms with E-state index in [1.165, 1.54) is 19.2 Å². The number of fused-ring (bicyclic) bond motifs is 2. The second kappa shape index (κ2) is 7.84. The van der Waals surface area contributed by atoms with Crippen LogP contribution >= 0.6 is 0 Å². The molecule has 1 aromatic heterocycles. The highest BCUT2D eigenvalue weighted by atomic mass is 19.1. The fraction of sp³-hybridized carbons (Fsp3) is 0.154. The third-order valence-electron chi connectivity index (χ3n) is 5.72. The molecule has 0 spiro atoms. The smallest absolute Gasteiger partial charge is 0.255 e. The van der Waals surface area contributed by atoms with Crippen molar-refractivity contribution in [3.05, 3.63) is 95.4 Å². The van der Waals surface area contributed by atoms with Crippen LogP contribution in [0.2, 0.25) is 0 Å². The number of nitrogens with zero attached hydrogens (tertiary/aromatic N) is 2. The molecule has 0 unspecified atom stereocenters. The van der Waals surface area contributed by atoms with Gasteiger partial charge in [0.25, 0.3) is 5.91 Å². The number of rotatable bonds is 5. The molecule has 5 rings (SSSR count). The molecule has 0 aliphatic carbocycles. The van der Waals surface area contributed by atoms with Crippen LogP contribution in [0.4, 0.5) is 4.39 Å². The van der Waals surface area contributed by atoms with Gasteiger partial charge in [-0.25, -0.2) is 4.39 Å². The maximum absolute atomic E-state index is 14.1. The first-order valence-corrected chi connectivity index (χ1v) is 10.2. The lowest BCUT2D eigenvalue weighted by atomic mass is 9.96. The van der Waals surface area contributed by atoms with Gasteiger partial charge in [0, 0.05) is 36.7 Å². The van der Waals surface area contributed by atoms with Crippen LogP contribution in [0, 0.1) is 5.82 Å². The third kappa shape index (κ3) is 3.63. The number of carbonyl (C=O) groups excluding carboxylic acids is 1. The highest BCUT2D eigenvalue weighted by molar-refractivity contribution is 6.04. The first kappa shape index (κ1) is 19.2. The molecule has 0 fully saturated rings. The van der Waals surface area contributed by atoms with Gasteiger partial charge in [0.2, 0.25) is 0 Å². The predicted octanol–water partition coefficient (Wildman–Crippen LogP) is 5.25. The highest BCUT2D eigenvalue weighted by Crippen LogP contribution is 2.34. The summed E-state index contributed by atoms with van der Waals surface area (Å²) in [6, 6.07) is 22.3. The number of methoxy groups -OCH3 is 1. The summed E-state index contributed by atoms with van der Waals surface area (Å²) in [6.45, 7) is 1.12. The zero-order valence-electron chi connectivity index (χ0n) is 17.1. The van der Waals surface area contributed by atoms with Crippen molar-refractivity contribution in [2.45, 2.75) is 13.0 Å². The Hall–Kier alpha value is -3.73. The van der Waals surface area contributed by atoms with Crippen molar-refractivity contribution in [3.63, 3.8) is 0 Å². The quantitative estimate of drug-likeness (QED) is 0.450. The van der Waals surface area contributed by atoms with Gasteiger partial charge in [-0.05, 0) is 41.0 Å². The predicted molar refractivity (Wildman–Crippen MR) is 119 cm³/mol. The van der Waals surface area contributed by atoms with Crippen LogP contribution in [0.1, 0.15) is 21.6 Å². The molecule has 4 aromatic rings. The van der Waals surface area contributed by atoms with E-state index in [-0.39, 0.29) is 5.91 Å². The van der Waals surface area contributed by atoms with E-state index in [4.69, 9.17) is 9.72 Å². The van der Waals surface area contributed by atoms with Crippen molar-refractivity contribution < 1.29 is 13.9 Å². The molecule has 3 aromatic carbocycles. The first-order chi connectivity index (χ1) is 15.1. The second-order valence-corrected chi connectivity index (χ2v) is 7.69. The molecule has 0 radical (unpaired) electrons. The number of halogens is 1. The van der Waals surface area contributed by atoms with E-state index in [2.05, 4.69) is 6.07 Å². The number of pyridine rings is 1. The number of aromatic nitrogens is 1. The molecule has 0 saturated carbocycles. The van der Waals surface area contributed by atoms with E-state index in [0.29, 0.717) is 36.4 Å². The topological polar surface area (TPSA) is 42.4 Å². The molecule has 5 heteroatoms. The molecule has 0 atom stereocenters. The Labute approximate surface area is 179 Å². The number of hydrogen-bond acceptors (Lipinski definition) is 3. The number of para-hydroxylation sites is 1. The minimum absolute atomic E-state index is 0.0328. The number of amides is 1. The van der Waals surface area contributed by atoms with Crippen molar-refractivity contribution in [2.24, 2.45) is 0 Å². The highest BCUT2D eigenvalue weighted by Gasteiger charge is 2.30. The number of benzene rings is 3. The molecule has 2 heterocycles. The molecule has 0 bridgehead atoms. The Morgan fingerprint density at radius 2 is 1.90 bits per heavy atom. The Morgan fingerprint density at radius 3 is 2.77 bits per heavy atom. The summed E-state index contributed by atoms with van der Waals surface area (Å²) in [4.78, 5) is 19.8. The normalized spacial score (nSPS) is 13.0. The first-order valence-electron chi connectivity index (χ1n) is 10.2. The Bertz CT molecular complexity index is 1300. The van der Waals surface area contributed by atoms with E-state index in [1.54, 1.807) is 6.07 Å².